The van der Waals surface area contributed by atoms with Gasteiger partial charge in [0.25, 0.3) is 0 Å². The Kier molecular flexibility index (Phi) is 3.86. The number of hydrogen-bond donors (Lipinski definition) is 2. The fourth-order valence-electron chi connectivity index (χ4n) is 1.75. The molecule has 1 aromatic rings. The van der Waals surface area contributed by atoms with Crippen molar-refractivity contribution in [2.75, 3.05) is 19.9 Å². The van der Waals surface area contributed by atoms with Gasteiger partial charge in [-0.3, -0.25) is 0 Å². The molecule has 0 saturated heterocycles. The maximum absolute atomic E-state index is 10.0. The van der Waals surface area contributed by atoms with Gasteiger partial charge in [0.1, 0.15) is 0 Å². The maximum atomic E-state index is 10.0. The van der Waals surface area contributed by atoms with Crippen LogP contribution in [0.3, 0.4) is 0 Å². The smallest absolute Gasteiger partial charge is 0.231 e. The Morgan fingerprint density at radius 1 is 1.24 bits per heavy atom. The quantitative estimate of drug-likeness (QED) is 0.818. The Morgan fingerprint density at radius 2 is 2.00 bits per heavy atom. The minimum absolute atomic E-state index is 0.264. The van der Waals surface area contributed by atoms with Crippen molar-refractivity contribution in [2.24, 2.45) is 5.92 Å². The lowest BCUT2D eigenvalue weighted by Crippen LogP contribution is -2.25. The van der Waals surface area contributed by atoms with Crippen molar-refractivity contribution in [3.05, 3.63) is 23.8 Å². The van der Waals surface area contributed by atoms with Crippen molar-refractivity contribution < 1.29 is 14.6 Å². The molecule has 1 unspecified atom stereocenters. The standard InChI is InChI=1S/C13H19NO3/c1-9(2)6-14-7-11(15)10-3-4-12-13(5-10)17-8-16-12/h3-5,9,11,14-15H,6-8H2,1-2H3. The van der Waals surface area contributed by atoms with E-state index >= 15 is 0 Å². The lowest BCUT2D eigenvalue weighted by Gasteiger charge is -2.13. The van der Waals surface area contributed by atoms with Gasteiger partial charge < -0.3 is 19.9 Å². The highest BCUT2D eigenvalue weighted by Gasteiger charge is 2.16. The van der Waals surface area contributed by atoms with Crippen LogP contribution in [-0.2, 0) is 0 Å². The second-order valence-corrected chi connectivity index (χ2v) is 4.68. The number of hydrogen-bond acceptors (Lipinski definition) is 4. The van der Waals surface area contributed by atoms with Crippen molar-refractivity contribution in [1.29, 1.82) is 0 Å². The van der Waals surface area contributed by atoms with Gasteiger partial charge in [-0.25, -0.2) is 0 Å². The lowest BCUT2D eigenvalue weighted by atomic mass is 10.1. The van der Waals surface area contributed by atoms with Crippen LogP contribution in [0.1, 0.15) is 25.5 Å². The van der Waals surface area contributed by atoms with Crippen LogP contribution < -0.4 is 14.8 Å². The molecule has 1 heterocycles. The van der Waals surface area contributed by atoms with Gasteiger partial charge in [-0.05, 0) is 30.2 Å². The van der Waals surface area contributed by atoms with Crippen LogP contribution in [0.25, 0.3) is 0 Å². The van der Waals surface area contributed by atoms with Crippen LogP contribution in [-0.4, -0.2) is 25.0 Å². The summed E-state index contributed by atoms with van der Waals surface area (Å²) in [6.45, 7) is 6.00. The predicted molar refractivity (Wildman–Crippen MR) is 65.2 cm³/mol. The molecule has 0 aliphatic carbocycles. The Morgan fingerprint density at radius 3 is 2.76 bits per heavy atom. The number of fused-ring (bicyclic) bond motifs is 1. The number of nitrogens with one attached hydrogen (secondary N) is 1. The Balaban J connectivity index is 1.92. The highest BCUT2D eigenvalue weighted by molar-refractivity contribution is 5.45. The Hall–Kier alpha value is -1.26. The van der Waals surface area contributed by atoms with E-state index in [2.05, 4.69) is 19.2 Å². The normalized spacial score (nSPS) is 15.3. The third kappa shape index (κ3) is 3.11. The molecule has 0 radical (unpaired) electrons. The van der Waals surface area contributed by atoms with E-state index in [-0.39, 0.29) is 6.79 Å². The molecule has 0 spiro atoms. The molecule has 1 aliphatic rings. The van der Waals surface area contributed by atoms with Gasteiger partial charge in [0.15, 0.2) is 11.5 Å². The van der Waals surface area contributed by atoms with Crippen LogP contribution >= 0.6 is 0 Å². The molecule has 0 bridgehead atoms. The van der Waals surface area contributed by atoms with Crippen LogP contribution in [0, 0.1) is 5.92 Å². The summed E-state index contributed by atoms with van der Waals surface area (Å²) in [4.78, 5) is 0. The second kappa shape index (κ2) is 5.38. The molecule has 1 atom stereocenters. The summed E-state index contributed by atoms with van der Waals surface area (Å²) in [6.07, 6.45) is -0.511. The van der Waals surface area contributed by atoms with Crippen molar-refractivity contribution >= 4 is 0 Å². The predicted octanol–water partition coefficient (Wildman–Crippen LogP) is 1.69. The van der Waals surface area contributed by atoms with E-state index in [9.17, 15) is 5.11 Å². The highest BCUT2D eigenvalue weighted by atomic mass is 16.7. The summed E-state index contributed by atoms with van der Waals surface area (Å²) >= 11 is 0. The van der Waals surface area contributed by atoms with E-state index in [1.54, 1.807) is 0 Å². The van der Waals surface area contributed by atoms with Gasteiger partial charge in [0.05, 0.1) is 6.10 Å². The van der Waals surface area contributed by atoms with E-state index in [0.29, 0.717) is 18.2 Å². The number of aliphatic hydroxyl groups excluding tert-OH is 1. The molecule has 2 N–H and O–H groups in total. The molecule has 1 aliphatic heterocycles. The molecule has 2 rings (SSSR count). The fourth-order valence-corrected chi connectivity index (χ4v) is 1.75. The molecular formula is C13H19NO3. The van der Waals surface area contributed by atoms with Crippen molar-refractivity contribution in [3.8, 4) is 11.5 Å². The van der Waals surface area contributed by atoms with Crippen LogP contribution in [0.15, 0.2) is 18.2 Å². The van der Waals surface area contributed by atoms with Gasteiger partial charge in [-0.15, -0.1) is 0 Å². The zero-order valence-electron chi connectivity index (χ0n) is 10.3. The number of rotatable bonds is 5. The zero-order valence-corrected chi connectivity index (χ0v) is 10.3. The largest absolute Gasteiger partial charge is 0.454 e. The zero-order chi connectivity index (χ0) is 12.3. The molecule has 17 heavy (non-hydrogen) atoms. The Labute approximate surface area is 102 Å². The van der Waals surface area contributed by atoms with Gasteiger partial charge in [0, 0.05) is 6.54 Å². The third-order valence-electron chi connectivity index (χ3n) is 2.67. The molecule has 0 aromatic heterocycles. The molecule has 94 valence electrons. The summed E-state index contributed by atoms with van der Waals surface area (Å²) in [7, 11) is 0. The average molecular weight is 237 g/mol. The summed E-state index contributed by atoms with van der Waals surface area (Å²) in [5, 5.41) is 13.2. The van der Waals surface area contributed by atoms with Gasteiger partial charge in [0.2, 0.25) is 6.79 Å². The summed E-state index contributed by atoms with van der Waals surface area (Å²) in [6, 6.07) is 5.54. The van der Waals surface area contributed by atoms with Crippen molar-refractivity contribution in [3.63, 3.8) is 0 Å². The number of aliphatic hydroxyl groups is 1. The molecule has 0 fully saturated rings. The van der Waals surface area contributed by atoms with Crippen LogP contribution in [0.2, 0.25) is 0 Å². The minimum Gasteiger partial charge on any atom is -0.454 e. The summed E-state index contributed by atoms with van der Waals surface area (Å²) in [5.74, 6) is 2.04. The summed E-state index contributed by atoms with van der Waals surface area (Å²) in [5.41, 5.74) is 0.852. The van der Waals surface area contributed by atoms with Crippen molar-refractivity contribution in [2.45, 2.75) is 20.0 Å². The third-order valence-corrected chi connectivity index (χ3v) is 2.67. The molecule has 1 aromatic carbocycles. The van der Waals surface area contributed by atoms with Crippen molar-refractivity contribution in [1.82, 2.24) is 5.32 Å². The van der Waals surface area contributed by atoms with E-state index < -0.39 is 6.10 Å². The first kappa shape index (κ1) is 12.2. The van der Waals surface area contributed by atoms with E-state index in [0.717, 1.165) is 17.9 Å². The SMILES string of the molecule is CC(C)CNCC(O)c1ccc2c(c1)OCO2. The van der Waals surface area contributed by atoms with Gasteiger partial charge in [-0.1, -0.05) is 19.9 Å². The topological polar surface area (TPSA) is 50.7 Å². The minimum atomic E-state index is -0.511. The highest BCUT2D eigenvalue weighted by Crippen LogP contribution is 2.33. The molecule has 4 nitrogen and oxygen atoms in total. The fraction of sp³-hybridized carbons (Fsp3) is 0.538. The molecule has 0 amide bonds. The van der Waals surface area contributed by atoms with Gasteiger partial charge in [-0.2, -0.15) is 0 Å². The van der Waals surface area contributed by atoms with E-state index in [1.807, 2.05) is 18.2 Å². The average Bonchev–Trinajstić information content (AvgIpc) is 2.75. The molecular weight excluding hydrogens is 218 g/mol. The number of benzene rings is 1. The second-order valence-electron chi connectivity index (χ2n) is 4.68. The first-order chi connectivity index (χ1) is 8.16. The monoisotopic (exact) mass is 237 g/mol. The summed E-state index contributed by atoms with van der Waals surface area (Å²) < 4.78 is 10.5. The first-order valence-electron chi connectivity index (χ1n) is 5.95. The van der Waals surface area contributed by atoms with Crippen LogP contribution in [0.4, 0.5) is 0 Å². The lowest BCUT2D eigenvalue weighted by molar-refractivity contribution is 0.169. The van der Waals surface area contributed by atoms with E-state index in [4.69, 9.17) is 9.47 Å². The first-order valence-corrected chi connectivity index (χ1v) is 5.95. The number of ether oxygens (including phenoxy) is 2. The van der Waals surface area contributed by atoms with Gasteiger partial charge >= 0.3 is 0 Å². The van der Waals surface area contributed by atoms with E-state index in [1.165, 1.54) is 0 Å². The van der Waals surface area contributed by atoms with Crippen LogP contribution in [0.5, 0.6) is 11.5 Å². The Bertz CT molecular complexity index is 379. The maximum Gasteiger partial charge on any atom is 0.231 e. The molecule has 4 heteroatoms. The molecule has 0 saturated carbocycles.